The van der Waals surface area contributed by atoms with Crippen LogP contribution in [0, 0.1) is 0 Å². The van der Waals surface area contributed by atoms with Gasteiger partial charge in [-0.05, 0) is 34.4 Å². The molecule has 0 radical (unpaired) electrons. The van der Waals surface area contributed by atoms with E-state index in [1.165, 1.54) is 44.9 Å². The SMILES string of the molecule is CC(C(=O)O)N(C)C.CCCCCCCCCCCc1nc(C(C)O)cn1CC(=O)O. The molecule has 1 heterocycles. The van der Waals surface area contributed by atoms with Gasteiger partial charge in [0.15, 0.2) is 0 Å². The highest BCUT2D eigenvalue weighted by Gasteiger charge is 2.13. The number of carboxylic acid groups (broad SMARTS) is 2. The molecular formula is C23H43N3O5. The average Bonchev–Trinajstić information content (AvgIpc) is 3.08. The number of imidazole rings is 1. The Morgan fingerprint density at radius 2 is 1.52 bits per heavy atom. The Morgan fingerprint density at radius 3 is 1.90 bits per heavy atom. The maximum absolute atomic E-state index is 10.9. The maximum Gasteiger partial charge on any atom is 0.323 e. The summed E-state index contributed by atoms with van der Waals surface area (Å²) in [5, 5.41) is 26.9. The van der Waals surface area contributed by atoms with Gasteiger partial charge in [0.1, 0.15) is 18.4 Å². The number of aromatic nitrogens is 2. The van der Waals surface area contributed by atoms with Gasteiger partial charge in [-0.1, -0.05) is 58.3 Å². The van der Waals surface area contributed by atoms with Crippen LogP contribution in [0.5, 0.6) is 0 Å². The third kappa shape index (κ3) is 13.9. The van der Waals surface area contributed by atoms with Crippen LogP contribution in [0.1, 0.15) is 96.2 Å². The highest BCUT2D eigenvalue weighted by Crippen LogP contribution is 2.15. The van der Waals surface area contributed by atoms with Crippen molar-refractivity contribution in [3.63, 3.8) is 0 Å². The Labute approximate surface area is 187 Å². The summed E-state index contributed by atoms with van der Waals surface area (Å²) < 4.78 is 1.65. The van der Waals surface area contributed by atoms with E-state index in [9.17, 15) is 14.7 Å². The van der Waals surface area contributed by atoms with Gasteiger partial charge in [-0.2, -0.15) is 0 Å². The molecule has 1 aromatic heterocycles. The lowest BCUT2D eigenvalue weighted by Crippen LogP contribution is -2.32. The fourth-order valence-corrected chi connectivity index (χ4v) is 2.97. The number of carbonyl (C=O) groups is 2. The van der Waals surface area contributed by atoms with Gasteiger partial charge in [-0.3, -0.25) is 14.5 Å². The van der Waals surface area contributed by atoms with Crippen LogP contribution in [0.2, 0.25) is 0 Å². The number of aliphatic hydroxyl groups is 1. The Balaban J connectivity index is 0.000000954. The minimum absolute atomic E-state index is 0.0908. The smallest absolute Gasteiger partial charge is 0.323 e. The second-order valence-corrected chi connectivity index (χ2v) is 8.34. The van der Waals surface area contributed by atoms with Crippen LogP contribution >= 0.6 is 0 Å². The second kappa shape index (κ2) is 16.7. The first kappa shape index (κ1) is 29.1. The molecule has 0 bridgehead atoms. The number of hydrogen-bond acceptors (Lipinski definition) is 5. The number of aliphatic carboxylic acids is 2. The van der Waals surface area contributed by atoms with Crippen molar-refractivity contribution in [3.8, 4) is 0 Å². The van der Waals surface area contributed by atoms with Crippen LogP contribution in [0.4, 0.5) is 0 Å². The Hall–Kier alpha value is -1.93. The largest absolute Gasteiger partial charge is 0.480 e. The molecule has 0 saturated heterocycles. The Kier molecular flexibility index (Phi) is 15.7. The van der Waals surface area contributed by atoms with Gasteiger partial charge in [0.2, 0.25) is 0 Å². The van der Waals surface area contributed by atoms with Gasteiger partial charge >= 0.3 is 11.9 Å². The zero-order chi connectivity index (χ0) is 23.8. The summed E-state index contributed by atoms with van der Waals surface area (Å²) in [4.78, 5) is 27.0. The summed E-state index contributed by atoms with van der Waals surface area (Å²) in [6, 6.07) is -0.380. The van der Waals surface area contributed by atoms with E-state index >= 15 is 0 Å². The van der Waals surface area contributed by atoms with Crippen LogP contribution in [-0.2, 0) is 22.6 Å². The van der Waals surface area contributed by atoms with Crippen molar-refractivity contribution in [3.05, 3.63) is 17.7 Å². The first-order chi connectivity index (χ1) is 14.6. The number of unbranched alkanes of at least 4 members (excludes halogenated alkanes) is 8. The van der Waals surface area contributed by atoms with Gasteiger partial charge < -0.3 is 19.9 Å². The normalized spacial score (nSPS) is 12.9. The van der Waals surface area contributed by atoms with Crippen molar-refractivity contribution in [1.29, 1.82) is 0 Å². The van der Waals surface area contributed by atoms with Crippen molar-refractivity contribution in [1.82, 2.24) is 14.5 Å². The maximum atomic E-state index is 10.9. The lowest BCUT2D eigenvalue weighted by molar-refractivity contribution is -0.141. The molecule has 0 spiro atoms. The molecule has 3 N–H and O–H groups in total. The predicted molar refractivity (Wildman–Crippen MR) is 122 cm³/mol. The van der Waals surface area contributed by atoms with E-state index in [1.807, 2.05) is 0 Å². The summed E-state index contributed by atoms with van der Waals surface area (Å²) in [5.41, 5.74) is 0.553. The van der Waals surface area contributed by atoms with Gasteiger partial charge in [0.25, 0.3) is 0 Å². The minimum atomic E-state index is -0.882. The molecule has 0 aromatic carbocycles. The topological polar surface area (TPSA) is 116 Å². The lowest BCUT2D eigenvalue weighted by Gasteiger charge is -2.13. The number of carboxylic acids is 2. The van der Waals surface area contributed by atoms with Crippen molar-refractivity contribution < 1.29 is 24.9 Å². The van der Waals surface area contributed by atoms with Crippen molar-refractivity contribution in [2.45, 2.75) is 104 Å². The monoisotopic (exact) mass is 441 g/mol. The van der Waals surface area contributed by atoms with Crippen molar-refractivity contribution >= 4 is 11.9 Å². The molecule has 8 nitrogen and oxygen atoms in total. The summed E-state index contributed by atoms with van der Waals surface area (Å²) in [6.45, 7) is 5.43. The highest BCUT2D eigenvalue weighted by atomic mass is 16.4. The van der Waals surface area contributed by atoms with Crippen LogP contribution in [0.25, 0.3) is 0 Å². The first-order valence-corrected chi connectivity index (χ1v) is 11.4. The molecule has 1 rings (SSSR count). The van der Waals surface area contributed by atoms with E-state index < -0.39 is 18.0 Å². The Morgan fingerprint density at radius 1 is 1.00 bits per heavy atom. The molecule has 2 atom stereocenters. The van der Waals surface area contributed by atoms with E-state index in [1.54, 1.807) is 43.6 Å². The fraction of sp³-hybridized carbons (Fsp3) is 0.783. The fourth-order valence-electron chi connectivity index (χ4n) is 2.97. The van der Waals surface area contributed by atoms with Gasteiger partial charge in [0, 0.05) is 12.6 Å². The van der Waals surface area contributed by atoms with Gasteiger partial charge in [-0.25, -0.2) is 4.98 Å². The van der Waals surface area contributed by atoms with E-state index in [4.69, 9.17) is 10.2 Å². The molecule has 180 valence electrons. The summed E-state index contributed by atoms with van der Waals surface area (Å²) in [6.07, 6.45) is 13.1. The number of hydrogen-bond donors (Lipinski definition) is 3. The predicted octanol–water partition coefficient (Wildman–Crippen LogP) is 4.12. The summed E-state index contributed by atoms with van der Waals surface area (Å²) in [7, 11) is 3.47. The van der Waals surface area contributed by atoms with Gasteiger partial charge in [-0.15, -0.1) is 0 Å². The van der Waals surface area contributed by atoms with Crippen LogP contribution in [-0.4, -0.2) is 61.8 Å². The zero-order valence-corrected chi connectivity index (χ0v) is 20.0. The molecule has 0 amide bonds. The van der Waals surface area contributed by atoms with Crippen molar-refractivity contribution in [2.75, 3.05) is 14.1 Å². The first-order valence-electron chi connectivity index (χ1n) is 11.4. The molecule has 31 heavy (non-hydrogen) atoms. The number of aliphatic hydroxyl groups excluding tert-OH is 1. The van der Waals surface area contributed by atoms with Crippen LogP contribution in [0.3, 0.4) is 0 Å². The zero-order valence-electron chi connectivity index (χ0n) is 20.0. The van der Waals surface area contributed by atoms with Gasteiger partial charge in [0.05, 0.1) is 11.8 Å². The molecule has 1 aromatic rings. The Bertz CT molecular complexity index is 629. The van der Waals surface area contributed by atoms with Crippen LogP contribution in [0.15, 0.2) is 6.20 Å². The molecule has 8 heteroatoms. The van der Waals surface area contributed by atoms with E-state index in [2.05, 4.69) is 11.9 Å². The number of rotatable bonds is 15. The van der Waals surface area contributed by atoms with E-state index in [0.29, 0.717) is 5.69 Å². The third-order valence-electron chi connectivity index (χ3n) is 5.25. The molecule has 2 unspecified atom stereocenters. The highest BCUT2D eigenvalue weighted by molar-refractivity contribution is 5.72. The number of aryl methyl sites for hydroxylation is 1. The standard InChI is InChI=1S/C18H32N2O3.C5H11NO2/c1-3-4-5-6-7-8-9-10-11-12-17-19-16(15(2)21)13-20(17)14-18(22)23;1-4(5(7)8)6(2)3/h13,15,21H,3-12,14H2,1-2H3,(H,22,23);4H,1-3H3,(H,7,8). The van der Waals surface area contributed by atoms with E-state index in [0.717, 1.165) is 25.1 Å². The van der Waals surface area contributed by atoms with E-state index in [-0.39, 0.29) is 12.6 Å². The average molecular weight is 442 g/mol. The summed E-state index contributed by atoms with van der Waals surface area (Å²) in [5.74, 6) is -0.894. The molecule has 0 fully saturated rings. The minimum Gasteiger partial charge on any atom is -0.480 e. The second-order valence-electron chi connectivity index (χ2n) is 8.34. The summed E-state index contributed by atoms with van der Waals surface area (Å²) >= 11 is 0. The third-order valence-corrected chi connectivity index (χ3v) is 5.25. The lowest BCUT2D eigenvalue weighted by atomic mass is 10.1. The molecule has 0 saturated carbocycles. The molecule has 0 aliphatic carbocycles. The number of likely N-dealkylation sites (N-methyl/N-ethyl adjacent to an activating group) is 1. The van der Waals surface area contributed by atoms with Crippen molar-refractivity contribution in [2.24, 2.45) is 0 Å². The molecule has 0 aliphatic heterocycles. The number of nitrogens with zero attached hydrogens (tertiary/aromatic N) is 3. The quantitative estimate of drug-likeness (QED) is 0.351. The van der Waals surface area contributed by atoms with Crippen LogP contribution < -0.4 is 0 Å². The molecule has 0 aliphatic rings. The molecular weight excluding hydrogens is 398 g/mol.